The third kappa shape index (κ3) is 15.6. The molecule has 0 saturated carbocycles. The Balaban J connectivity index is 0.000000137. The summed E-state index contributed by atoms with van der Waals surface area (Å²) >= 11 is 0. The summed E-state index contributed by atoms with van der Waals surface area (Å²) in [5, 5.41) is 7.15. The first kappa shape index (κ1) is 86.5. The molecule has 0 saturated heterocycles. The normalized spacial score (nSPS) is 12.0. The molecule has 0 amide bonds. The van der Waals surface area contributed by atoms with E-state index < -0.39 is 0 Å². The molecule has 630 valence electrons. The van der Waals surface area contributed by atoms with Crippen molar-refractivity contribution in [2.75, 3.05) is 0 Å². The molecule has 9 heterocycles. The van der Waals surface area contributed by atoms with Crippen LogP contribution in [0.15, 0.2) is 311 Å². The summed E-state index contributed by atoms with van der Waals surface area (Å²) in [6, 6.07) is 120. The van der Waals surface area contributed by atoms with Crippen LogP contribution in [0.4, 0.5) is 0 Å². The number of hydrogen-bond donors (Lipinski definition) is 0. The first-order chi connectivity index (χ1) is 58.9. The topological polar surface area (TPSA) is 83.0 Å². The van der Waals surface area contributed by atoms with Crippen molar-refractivity contribution in [1.82, 2.24) is 56.1 Å². The molecule has 0 N–H and O–H groups in total. The van der Waals surface area contributed by atoms with Crippen molar-refractivity contribution in [2.45, 2.75) is 125 Å². The van der Waals surface area contributed by atoms with Crippen LogP contribution < -0.4 is 0 Å². The SMILES string of the molecule is Cc1ccnc(-n2c3[c-]c(C(C)(C)c4[c-]c(-n5[cH+]n(C(C)(C)C)c6ccccc65)ccc4)ccc3c3ccccc32)c1.Cc1ccnc(-n2c3[c-]c(C(C)(C)c4[c-]c(-n5[cH+]n(C(C)C)c6ccccc65)ccc4)ccc3c3ccccc32)c1.Cc1ccnc(-n2c3[c-]c(C(C)(C)c4[c-]c(-n5[cH+]n(C)c6ccccc65)ccc4)ccc3c3ccccc32)c1.[Pt].[Pt].[Pt]. The zero-order valence-electron chi connectivity index (χ0n) is 72.8. The smallest absolute Gasteiger partial charge is 0.188 e. The van der Waals surface area contributed by atoms with Crippen LogP contribution in [0.2, 0.25) is 0 Å². The summed E-state index contributed by atoms with van der Waals surface area (Å²) in [5.41, 5.74) is 25.9. The van der Waals surface area contributed by atoms with Crippen LogP contribution in [0.1, 0.15) is 132 Å². The Kier molecular flexibility index (Phi) is 23.6. The van der Waals surface area contributed by atoms with Crippen molar-refractivity contribution in [2.24, 2.45) is 7.05 Å². The third-order valence-corrected chi connectivity index (χ3v) is 24.7. The zero-order chi connectivity index (χ0) is 84.3. The minimum absolute atomic E-state index is 0. The number of pyridine rings is 3. The van der Waals surface area contributed by atoms with Crippen LogP contribution in [0, 0.1) is 57.2 Å². The second-order valence-corrected chi connectivity index (χ2v) is 35.3. The average Bonchev–Trinajstić information content (AvgIpc) is 1.60. The number of imidazole rings is 3. The molecule has 12 nitrogen and oxygen atoms in total. The van der Waals surface area contributed by atoms with Gasteiger partial charge in [-0.3, -0.25) is 0 Å². The quantitative estimate of drug-likeness (QED) is 0.108. The number of aromatic nitrogens is 12. The molecule has 0 bridgehead atoms. The van der Waals surface area contributed by atoms with E-state index in [0.29, 0.717) is 6.04 Å². The monoisotopic (exact) mass is 2170 g/mol. The van der Waals surface area contributed by atoms with Gasteiger partial charge in [-0.2, -0.15) is 108 Å². The second-order valence-electron chi connectivity index (χ2n) is 35.3. The summed E-state index contributed by atoms with van der Waals surface area (Å²) < 4.78 is 20.3. The van der Waals surface area contributed by atoms with Crippen LogP contribution in [-0.4, -0.2) is 56.1 Å². The van der Waals surface area contributed by atoms with Crippen molar-refractivity contribution >= 4 is 98.5 Å². The number of benzene rings is 12. The van der Waals surface area contributed by atoms with Crippen molar-refractivity contribution in [1.29, 1.82) is 0 Å². The maximum atomic E-state index is 4.75. The van der Waals surface area contributed by atoms with E-state index in [-0.39, 0.29) is 85.0 Å². The maximum Gasteiger partial charge on any atom is 0.188 e. The van der Waals surface area contributed by atoms with Gasteiger partial charge < -0.3 is 13.7 Å². The zero-order valence-corrected chi connectivity index (χ0v) is 79.7. The third-order valence-electron chi connectivity index (χ3n) is 24.7. The number of hydrogen-bond acceptors (Lipinski definition) is 3. The molecule has 0 aliphatic heterocycles. The predicted octanol–water partition coefficient (Wildman–Crippen LogP) is 26.2. The molecule has 21 aromatic rings. The minimum Gasteiger partial charge on any atom is -0.319 e. The summed E-state index contributed by atoms with van der Waals surface area (Å²) in [6.45, 7) is 31.1. The van der Waals surface area contributed by atoms with Gasteiger partial charge in [-0.25, -0.2) is 42.4 Å². The molecule has 9 aromatic heterocycles. The van der Waals surface area contributed by atoms with Gasteiger partial charge in [-0.1, -0.05) is 113 Å². The van der Waals surface area contributed by atoms with Crippen molar-refractivity contribution < 1.29 is 63.2 Å². The van der Waals surface area contributed by atoms with E-state index in [1.54, 1.807) is 0 Å². The molecular formula is C110H97N12Pt3-3. The molecule has 0 atom stereocenters. The van der Waals surface area contributed by atoms with Crippen LogP contribution >= 0.6 is 0 Å². The molecule has 0 unspecified atom stereocenters. The fourth-order valence-corrected chi connectivity index (χ4v) is 17.8. The van der Waals surface area contributed by atoms with Gasteiger partial charge in [0.1, 0.15) is 17.5 Å². The molecule has 12 aromatic carbocycles. The van der Waals surface area contributed by atoms with Crippen LogP contribution in [0.3, 0.4) is 0 Å². The molecule has 15 heteroatoms. The first-order valence-electron chi connectivity index (χ1n) is 42.1. The molecule has 0 spiro atoms. The number of fused-ring (bicyclic) bond motifs is 12. The molecule has 0 aliphatic rings. The Bertz CT molecular complexity index is 7660. The Morgan fingerprint density at radius 2 is 0.584 bits per heavy atom. The van der Waals surface area contributed by atoms with Gasteiger partial charge in [0, 0.05) is 159 Å². The number of nitrogens with zero attached hydrogens (tertiary/aromatic N) is 12. The molecule has 0 fully saturated rings. The standard InChI is InChI=1S/C38H35N4.C37H33N4.C35H29N4.3Pt/c1-26-20-21-39-36(22-26)42-32-15-8-7-14-30(32)31-19-18-28(24-35(31)42)38(5,6)27-12-11-13-29(23-27)40-25-41(37(2,3)4)34-17-10-9-16-33(34)40;1-25(2)39-24-40(34-16-9-8-15-33(34)39)29-12-10-11-27(22-29)37(4,5)28-17-18-31-30-13-6-7-14-32(30)41(35(31)23-28)36-21-26(3)19-20-38-36;1-24-18-19-36-34(20-24)39-30-13-6-5-12-28(30)29-17-16-26(22-33(29)39)35(2,3)25-10-9-11-27(21-25)38-23-37(4)31-14-7-8-15-32(31)38;;;/h7-22,25H,1-6H3;6-21,24-25H,1-5H3;5-20,23H,1-4H3;;;/q3*-1;;;. The largest absolute Gasteiger partial charge is 0.319 e. The Labute approximate surface area is 774 Å². The van der Waals surface area contributed by atoms with Crippen molar-refractivity contribution in [3.8, 4) is 34.5 Å². The van der Waals surface area contributed by atoms with E-state index in [9.17, 15) is 0 Å². The van der Waals surface area contributed by atoms with Gasteiger partial charge >= 0.3 is 0 Å². The van der Waals surface area contributed by atoms with Gasteiger partial charge in [0.15, 0.2) is 52.1 Å². The van der Waals surface area contributed by atoms with Gasteiger partial charge in [-0.15, -0.1) is 69.2 Å². The van der Waals surface area contributed by atoms with Crippen molar-refractivity contribution in [3.05, 3.63) is 397 Å². The summed E-state index contributed by atoms with van der Waals surface area (Å²) in [6.07, 6.45) is 12.2. The van der Waals surface area contributed by atoms with Crippen LogP contribution in [0.5, 0.6) is 0 Å². The summed E-state index contributed by atoms with van der Waals surface area (Å²) in [4.78, 5) is 14.2. The molecular weight excluding hydrogens is 2070 g/mol. The molecule has 125 heavy (non-hydrogen) atoms. The Morgan fingerprint density at radius 3 is 0.936 bits per heavy atom. The Hall–Kier alpha value is -12.0. The number of rotatable bonds is 13. The van der Waals surface area contributed by atoms with E-state index in [2.05, 4.69) is 455 Å². The summed E-state index contributed by atoms with van der Waals surface area (Å²) in [5.74, 6) is 2.73. The fraction of sp³-hybridized carbons (Fsp3) is 0.182. The van der Waals surface area contributed by atoms with Gasteiger partial charge in [0.25, 0.3) is 0 Å². The van der Waals surface area contributed by atoms with Crippen LogP contribution in [0.25, 0.3) is 133 Å². The summed E-state index contributed by atoms with van der Waals surface area (Å²) in [7, 11) is 2.08. The number of para-hydroxylation sites is 9. The molecule has 0 aliphatic carbocycles. The predicted molar refractivity (Wildman–Crippen MR) is 503 cm³/mol. The van der Waals surface area contributed by atoms with E-state index in [1.807, 2.05) is 36.8 Å². The molecule has 21 rings (SSSR count). The first-order valence-corrected chi connectivity index (χ1v) is 42.1. The van der Waals surface area contributed by atoms with Gasteiger partial charge in [0.05, 0.1) is 11.6 Å². The average molecular weight is 2170 g/mol. The minimum atomic E-state index is -0.339. The van der Waals surface area contributed by atoms with Crippen molar-refractivity contribution in [3.63, 3.8) is 0 Å². The van der Waals surface area contributed by atoms with E-state index >= 15 is 0 Å². The number of aryl methyl sites for hydroxylation is 4. The fourth-order valence-electron chi connectivity index (χ4n) is 17.8. The second kappa shape index (κ2) is 34.1. The van der Waals surface area contributed by atoms with E-state index in [1.165, 1.54) is 76.6 Å². The maximum absolute atomic E-state index is 4.75. The van der Waals surface area contributed by atoms with E-state index in [4.69, 9.17) is 15.0 Å². The Morgan fingerprint density at radius 1 is 0.288 bits per heavy atom. The van der Waals surface area contributed by atoms with Crippen LogP contribution in [-0.2, 0) is 92.0 Å². The van der Waals surface area contributed by atoms with E-state index in [0.717, 1.165) is 107 Å². The molecule has 0 radical (unpaired) electrons. The van der Waals surface area contributed by atoms with Gasteiger partial charge in [0.2, 0.25) is 0 Å². The van der Waals surface area contributed by atoms with Gasteiger partial charge in [-0.05, 0) is 195 Å².